The van der Waals surface area contributed by atoms with Crippen LogP contribution in [-0.2, 0) is 0 Å². The number of benzene rings is 1. The molecule has 16 heavy (non-hydrogen) atoms. The van der Waals surface area contributed by atoms with Crippen LogP contribution < -0.4 is 9.64 Å². The molecule has 1 heterocycles. The number of anilines is 1. The molecular weight excluding hydrogens is 208 g/mol. The van der Waals surface area contributed by atoms with Crippen LogP contribution in [0, 0.1) is 10.1 Å². The minimum Gasteiger partial charge on any atom is -0.495 e. The molecule has 0 saturated carbocycles. The number of nitro benzene ring substituents is 1. The van der Waals surface area contributed by atoms with Crippen molar-refractivity contribution in [1.82, 2.24) is 0 Å². The van der Waals surface area contributed by atoms with Crippen LogP contribution in [0.15, 0.2) is 18.2 Å². The predicted molar refractivity (Wildman–Crippen MR) is 61.1 cm³/mol. The van der Waals surface area contributed by atoms with Gasteiger partial charge in [0.05, 0.1) is 17.7 Å². The highest BCUT2D eigenvalue weighted by Crippen LogP contribution is 2.33. The normalized spacial score (nSPS) is 15.2. The van der Waals surface area contributed by atoms with Crippen molar-refractivity contribution in [3.8, 4) is 5.75 Å². The van der Waals surface area contributed by atoms with E-state index in [-0.39, 0.29) is 10.6 Å². The van der Waals surface area contributed by atoms with E-state index in [1.165, 1.54) is 6.07 Å². The lowest BCUT2D eigenvalue weighted by molar-refractivity contribution is -0.384. The van der Waals surface area contributed by atoms with Gasteiger partial charge in [-0.15, -0.1) is 0 Å². The summed E-state index contributed by atoms with van der Waals surface area (Å²) in [6, 6.07) is 4.72. The van der Waals surface area contributed by atoms with Crippen LogP contribution in [0.5, 0.6) is 5.75 Å². The minimum atomic E-state index is -0.376. The van der Waals surface area contributed by atoms with Crippen LogP contribution in [0.1, 0.15) is 12.8 Å². The highest BCUT2D eigenvalue weighted by molar-refractivity contribution is 5.63. The van der Waals surface area contributed by atoms with Crippen LogP contribution in [-0.4, -0.2) is 25.1 Å². The summed E-state index contributed by atoms with van der Waals surface area (Å²) in [4.78, 5) is 12.5. The number of non-ortho nitro benzene ring substituents is 1. The molecule has 5 nitrogen and oxygen atoms in total. The van der Waals surface area contributed by atoms with Crippen molar-refractivity contribution in [2.24, 2.45) is 0 Å². The fourth-order valence-corrected chi connectivity index (χ4v) is 2.00. The standard InChI is InChI=1S/C11H14N2O3/c1-16-11-5-4-9(13(14)15)8-10(11)12-6-2-3-7-12/h4-5,8H,2-3,6-7H2,1H3. The average molecular weight is 222 g/mol. The molecule has 1 saturated heterocycles. The molecule has 2 rings (SSSR count). The second kappa shape index (κ2) is 4.38. The zero-order chi connectivity index (χ0) is 11.5. The van der Waals surface area contributed by atoms with Gasteiger partial charge >= 0.3 is 0 Å². The number of rotatable bonds is 3. The summed E-state index contributed by atoms with van der Waals surface area (Å²) in [5.74, 6) is 0.701. The van der Waals surface area contributed by atoms with E-state index < -0.39 is 0 Å². The third-order valence-electron chi connectivity index (χ3n) is 2.82. The molecule has 0 atom stereocenters. The van der Waals surface area contributed by atoms with Crippen molar-refractivity contribution >= 4 is 11.4 Å². The van der Waals surface area contributed by atoms with E-state index in [1.54, 1.807) is 19.2 Å². The second-order valence-electron chi connectivity index (χ2n) is 3.81. The van der Waals surface area contributed by atoms with Gasteiger partial charge in [0.15, 0.2) is 0 Å². The van der Waals surface area contributed by atoms with Gasteiger partial charge in [-0.05, 0) is 18.9 Å². The lowest BCUT2D eigenvalue weighted by Crippen LogP contribution is -2.18. The maximum Gasteiger partial charge on any atom is 0.271 e. The number of nitrogens with zero attached hydrogens (tertiary/aromatic N) is 2. The fraction of sp³-hybridized carbons (Fsp3) is 0.455. The van der Waals surface area contributed by atoms with Gasteiger partial charge in [0, 0.05) is 25.2 Å². The van der Waals surface area contributed by atoms with E-state index in [9.17, 15) is 10.1 Å². The lowest BCUT2D eigenvalue weighted by Gasteiger charge is -2.19. The Morgan fingerprint density at radius 3 is 2.62 bits per heavy atom. The Labute approximate surface area is 93.8 Å². The Kier molecular flexibility index (Phi) is 2.94. The van der Waals surface area contributed by atoms with Crippen molar-refractivity contribution in [3.63, 3.8) is 0 Å². The quantitative estimate of drug-likeness (QED) is 0.581. The molecule has 0 radical (unpaired) electrons. The van der Waals surface area contributed by atoms with Crippen molar-refractivity contribution < 1.29 is 9.66 Å². The van der Waals surface area contributed by atoms with E-state index in [1.807, 2.05) is 0 Å². The minimum absolute atomic E-state index is 0.114. The number of hydrogen-bond acceptors (Lipinski definition) is 4. The van der Waals surface area contributed by atoms with Crippen LogP contribution in [0.3, 0.4) is 0 Å². The molecule has 1 fully saturated rings. The molecule has 1 aliphatic rings. The number of nitro groups is 1. The molecule has 0 spiro atoms. The average Bonchev–Trinajstić information content (AvgIpc) is 2.81. The van der Waals surface area contributed by atoms with Gasteiger partial charge in [-0.2, -0.15) is 0 Å². The molecule has 0 N–H and O–H groups in total. The van der Waals surface area contributed by atoms with Crippen LogP contribution in [0.2, 0.25) is 0 Å². The first-order valence-corrected chi connectivity index (χ1v) is 5.30. The van der Waals surface area contributed by atoms with E-state index >= 15 is 0 Å². The molecule has 0 unspecified atom stereocenters. The third-order valence-corrected chi connectivity index (χ3v) is 2.82. The first-order valence-electron chi connectivity index (χ1n) is 5.30. The third kappa shape index (κ3) is 1.93. The highest BCUT2D eigenvalue weighted by Gasteiger charge is 2.19. The van der Waals surface area contributed by atoms with Gasteiger partial charge < -0.3 is 9.64 Å². The van der Waals surface area contributed by atoms with E-state index in [0.29, 0.717) is 5.75 Å². The molecular formula is C11H14N2O3. The Morgan fingerprint density at radius 2 is 2.06 bits per heavy atom. The molecule has 0 aliphatic carbocycles. The van der Waals surface area contributed by atoms with Crippen molar-refractivity contribution in [1.29, 1.82) is 0 Å². The van der Waals surface area contributed by atoms with Crippen LogP contribution in [0.25, 0.3) is 0 Å². The molecule has 1 aromatic rings. The van der Waals surface area contributed by atoms with Gasteiger partial charge in [0.1, 0.15) is 5.75 Å². The predicted octanol–water partition coefficient (Wildman–Crippen LogP) is 2.20. The SMILES string of the molecule is COc1ccc([N+](=O)[O-])cc1N1CCCC1. The fourth-order valence-electron chi connectivity index (χ4n) is 2.00. The molecule has 0 aromatic heterocycles. The first kappa shape index (κ1) is 10.7. The highest BCUT2D eigenvalue weighted by atomic mass is 16.6. The number of hydrogen-bond donors (Lipinski definition) is 0. The Morgan fingerprint density at radius 1 is 1.38 bits per heavy atom. The summed E-state index contributed by atoms with van der Waals surface area (Å²) in [5, 5.41) is 10.7. The summed E-state index contributed by atoms with van der Waals surface area (Å²) in [6.45, 7) is 1.88. The maximum absolute atomic E-state index is 10.7. The van der Waals surface area contributed by atoms with Crippen LogP contribution in [0.4, 0.5) is 11.4 Å². The summed E-state index contributed by atoms with van der Waals surface area (Å²) in [5.41, 5.74) is 0.942. The van der Waals surface area contributed by atoms with Gasteiger partial charge in [-0.25, -0.2) is 0 Å². The molecule has 1 aliphatic heterocycles. The summed E-state index contributed by atoms with van der Waals surface area (Å²) in [6.07, 6.45) is 2.26. The molecule has 5 heteroatoms. The lowest BCUT2D eigenvalue weighted by atomic mass is 10.2. The van der Waals surface area contributed by atoms with Gasteiger partial charge in [-0.1, -0.05) is 0 Å². The summed E-state index contributed by atoms with van der Waals surface area (Å²) >= 11 is 0. The number of ether oxygens (including phenoxy) is 1. The van der Waals surface area contributed by atoms with Crippen molar-refractivity contribution in [2.75, 3.05) is 25.1 Å². The van der Waals surface area contributed by atoms with E-state index in [4.69, 9.17) is 4.74 Å². The second-order valence-corrected chi connectivity index (χ2v) is 3.81. The van der Waals surface area contributed by atoms with Crippen LogP contribution >= 0.6 is 0 Å². The van der Waals surface area contributed by atoms with E-state index in [2.05, 4.69) is 4.90 Å². The Hall–Kier alpha value is -1.78. The molecule has 0 bridgehead atoms. The smallest absolute Gasteiger partial charge is 0.271 e. The van der Waals surface area contributed by atoms with Gasteiger partial charge in [0.2, 0.25) is 0 Å². The Balaban J connectivity index is 2.38. The number of methoxy groups -OCH3 is 1. The van der Waals surface area contributed by atoms with Gasteiger partial charge in [-0.3, -0.25) is 10.1 Å². The molecule has 0 amide bonds. The monoisotopic (exact) mass is 222 g/mol. The zero-order valence-corrected chi connectivity index (χ0v) is 9.18. The van der Waals surface area contributed by atoms with Crippen molar-refractivity contribution in [3.05, 3.63) is 28.3 Å². The zero-order valence-electron chi connectivity index (χ0n) is 9.18. The largest absolute Gasteiger partial charge is 0.495 e. The summed E-state index contributed by atoms with van der Waals surface area (Å²) in [7, 11) is 1.58. The first-order chi connectivity index (χ1) is 7.72. The molecule has 1 aromatic carbocycles. The summed E-state index contributed by atoms with van der Waals surface area (Å²) < 4.78 is 5.23. The maximum atomic E-state index is 10.7. The molecule has 86 valence electrons. The Bertz CT molecular complexity index is 400. The topological polar surface area (TPSA) is 55.6 Å². The van der Waals surface area contributed by atoms with Gasteiger partial charge in [0.25, 0.3) is 5.69 Å². The van der Waals surface area contributed by atoms with Crippen molar-refractivity contribution in [2.45, 2.75) is 12.8 Å². The van der Waals surface area contributed by atoms with E-state index in [0.717, 1.165) is 31.6 Å².